The van der Waals surface area contributed by atoms with Gasteiger partial charge in [0.1, 0.15) is 0 Å². The van der Waals surface area contributed by atoms with Crippen LogP contribution in [-0.2, 0) is 4.79 Å². The van der Waals surface area contributed by atoms with E-state index in [1.54, 1.807) is 6.92 Å². The highest BCUT2D eigenvalue weighted by molar-refractivity contribution is 5.89. The highest BCUT2D eigenvalue weighted by Gasteiger charge is 2.38. The first-order valence-electron chi connectivity index (χ1n) is 7.93. The van der Waals surface area contributed by atoms with Gasteiger partial charge in [-0.15, -0.1) is 0 Å². The molecule has 1 aromatic carbocycles. The Balaban J connectivity index is 1.68. The van der Waals surface area contributed by atoms with E-state index in [1.807, 2.05) is 12.1 Å². The molecule has 0 radical (unpaired) electrons. The van der Waals surface area contributed by atoms with Gasteiger partial charge < -0.3 is 10.6 Å². The Bertz CT molecular complexity index is 539. The summed E-state index contributed by atoms with van der Waals surface area (Å²) in [6.45, 7) is 7.12. The number of nitrogens with zero attached hydrogens (tertiary/aromatic N) is 1. The predicted octanol–water partition coefficient (Wildman–Crippen LogP) is 2.99. The fourth-order valence-electron chi connectivity index (χ4n) is 3.35. The lowest BCUT2D eigenvalue weighted by Gasteiger charge is -2.20. The summed E-state index contributed by atoms with van der Waals surface area (Å²) in [7, 11) is 0. The molecule has 2 aliphatic rings. The zero-order chi connectivity index (χ0) is 15.0. The van der Waals surface area contributed by atoms with Crippen molar-refractivity contribution in [2.24, 2.45) is 0 Å². The van der Waals surface area contributed by atoms with E-state index in [-0.39, 0.29) is 5.91 Å². The number of carbonyl (C=O) groups excluding carboxylic acids is 1. The molecule has 1 aromatic rings. The van der Waals surface area contributed by atoms with E-state index in [2.05, 4.69) is 35.4 Å². The molecule has 21 heavy (non-hydrogen) atoms. The topological polar surface area (TPSA) is 44.4 Å². The summed E-state index contributed by atoms with van der Waals surface area (Å²) >= 11 is 0. The summed E-state index contributed by atoms with van der Waals surface area (Å²) in [6, 6.07) is 8.07. The van der Waals surface area contributed by atoms with E-state index in [9.17, 15) is 4.79 Å². The van der Waals surface area contributed by atoms with Crippen molar-refractivity contribution in [3.05, 3.63) is 23.8 Å². The van der Waals surface area contributed by atoms with Gasteiger partial charge in [-0.25, -0.2) is 0 Å². The maximum atomic E-state index is 11.2. The standard InChI is InChI=1S/C17H25N3O/c1-11-4-5-14(18-13(3)21)9-17(11)19-15-8-12(2)20(10-15)16-6-7-16/h4-5,9,12,15-16,19H,6-8,10H2,1-3H3,(H,18,21)/t12-,15-/m0/s1. The molecule has 1 aliphatic heterocycles. The largest absolute Gasteiger partial charge is 0.381 e. The van der Waals surface area contributed by atoms with Crippen LogP contribution in [0.25, 0.3) is 0 Å². The van der Waals surface area contributed by atoms with Crippen LogP contribution >= 0.6 is 0 Å². The molecule has 0 spiro atoms. The number of rotatable bonds is 4. The van der Waals surface area contributed by atoms with Gasteiger partial charge in [-0.2, -0.15) is 0 Å². The maximum absolute atomic E-state index is 11.2. The lowest BCUT2D eigenvalue weighted by atomic mass is 10.1. The fraction of sp³-hybridized carbons (Fsp3) is 0.588. The number of anilines is 2. The van der Waals surface area contributed by atoms with E-state index in [4.69, 9.17) is 0 Å². The second-order valence-corrected chi connectivity index (χ2v) is 6.56. The molecule has 0 bridgehead atoms. The zero-order valence-electron chi connectivity index (χ0n) is 13.1. The minimum absolute atomic E-state index is 0.0285. The molecule has 1 amide bonds. The second-order valence-electron chi connectivity index (χ2n) is 6.56. The van der Waals surface area contributed by atoms with Gasteiger partial charge in [0.05, 0.1) is 0 Å². The molecule has 4 heteroatoms. The summed E-state index contributed by atoms with van der Waals surface area (Å²) in [5.41, 5.74) is 3.22. The van der Waals surface area contributed by atoms with Crippen LogP contribution in [-0.4, -0.2) is 35.5 Å². The molecule has 2 atom stereocenters. The summed E-state index contributed by atoms with van der Waals surface area (Å²) in [4.78, 5) is 13.8. The summed E-state index contributed by atoms with van der Waals surface area (Å²) in [5.74, 6) is -0.0285. The van der Waals surface area contributed by atoms with Crippen LogP contribution in [0.15, 0.2) is 18.2 Å². The van der Waals surface area contributed by atoms with Crippen LogP contribution in [0.5, 0.6) is 0 Å². The second kappa shape index (κ2) is 5.68. The van der Waals surface area contributed by atoms with Crippen molar-refractivity contribution in [2.75, 3.05) is 17.2 Å². The van der Waals surface area contributed by atoms with Gasteiger partial charge in [0.15, 0.2) is 0 Å². The third-order valence-electron chi connectivity index (χ3n) is 4.56. The van der Waals surface area contributed by atoms with Crippen molar-refractivity contribution < 1.29 is 4.79 Å². The molecule has 4 nitrogen and oxygen atoms in total. The molecule has 1 saturated carbocycles. The highest BCUT2D eigenvalue weighted by atomic mass is 16.1. The third-order valence-corrected chi connectivity index (χ3v) is 4.56. The first kappa shape index (κ1) is 14.4. The Morgan fingerprint density at radius 1 is 1.33 bits per heavy atom. The number of aryl methyl sites for hydroxylation is 1. The Morgan fingerprint density at radius 3 is 2.76 bits per heavy atom. The SMILES string of the molecule is CC(=O)Nc1ccc(C)c(N[C@H]2C[C@H](C)N(C3CC3)C2)c1. The molecule has 0 unspecified atom stereocenters. The number of hydrogen-bond acceptors (Lipinski definition) is 3. The number of nitrogens with one attached hydrogen (secondary N) is 2. The fourth-order valence-corrected chi connectivity index (χ4v) is 3.35. The Morgan fingerprint density at radius 2 is 2.10 bits per heavy atom. The number of amides is 1. The predicted molar refractivity (Wildman–Crippen MR) is 86.7 cm³/mol. The average molecular weight is 287 g/mol. The zero-order valence-corrected chi connectivity index (χ0v) is 13.1. The van der Waals surface area contributed by atoms with E-state index in [0.29, 0.717) is 12.1 Å². The first-order valence-corrected chi connectivity index (χ1v) is 7.93. The van der Waals surface area contributed by atoms with Gasteiger partial charge in [-0.05, 0) is 50.8 Å². The monoisotopic (exact) mass is 287 g/mol. The maximum Gasteiger partial charge on any atom is 0.221 e. The number of hydrogen-bond donors (Lipinski definition) is 2. The molecule has 1 saturated heterocycles. The van der Waals surface area contributed by atoms with E-state index in [0.717, 1.165) is 24.0 Å². The molecule has 1 heterocycles. The van der Waals surface area contributed by atoms with Crippen molar-refractivity contribution >= 4 is 17.3 Å². The normalized spacial score (nSPS) is 25.9. The third kappa shape index (κ3) is 3.38. The minimum atomic E-state index is -0.0285. The summed E-state index contributed by atoms with van der Waals surface area (Å²) < 4.78 is 0. The van der Waals surface area contributed by atoms with Gasteiger partial charge in [0, 0.05) is 43.0 Å². The number of benzene rings is 1. The number of carbonyl (C=O) groups is 1. The molecular formula is C17H25N3O. The Labute approximate surface area is 126 Å². The Hall–Kier alpha value is -1.55. The van der Waals surface area contributed by atoms with Crippen molar-refractivity contribution in [1.82, 2.24) is 4.90 Å². The number of likely N-dealkylation sites (tertiary alicyclic amines) is 1. The molecular weight excluding hydrogens is 262 g/mol. The van der Waals surface area contributed by atoms with E-state index >= 15 is 0 Å². The Kier molecular flexibility index (Phi) is 3.89. The van der Waals surface area contributed by atoms with Crippen LogP contribution < -0.4 is 10.6 Å². The van der Waals surface area contributed by atoms with Crippen LogP contribution in [0, 0.1) is 6.92 Å². The van der Waals surface area contributed by atoms with Gasteiger partial charge in [0.25, 0.3) is 0 Å². The van der Waals surface area contributed by atoms with E-state index < -0.39 is 0 Å². The van der Waals surface area contributed by atoms with Crippen molar-refractivity contribution in [2.45, 2.75) is 58.2 Å². The smallest absolute Gasteiger partial charge is 0.221 e. The van der Waals surface area contributed by atoms with Crippen LogP contribution in [0.4, 0.5) is 11.4 Å². The van der Waals surface area contributed by atoms with Crippen molar-refractivity contribution in [3.8, 4) is 0 Å². The van der Waals surface area contributed by atoms with E-state index in [1.165, 1.54) is 24.8 Å². The molecule has 2 fully saturated rings. The van der Waals surface area contributed by atoms with Crippen molar-refractivity contribution in [1.29, 1.82) is 0 Å². The van der Waals surface area contributed by atoms with Crippen LogP contribution in [0.3, 0.4) is 0 Å². The summed E-state index contributed by atoms with van der Waals surface area (Å²) in [6.07, 6.45) is 3.93. The van der Waals surface area contributed by atoms with Gasteiger partial charge >= 0.3 is 0 Å². The molecule has 0 aromatic heterocycles. The summed E-state index contributed by atoms with van der Waals surface area (Å²) in [5, 5.41) is 6.53. The van der Waals surface area contributed by atoms with Crippen LogP contribution in [0.1, 0.15) is 38.7 Å². The van der Waals surface area contributed by atoms with Crippen LogP contribution in [0.2, 0.25) is 0 Å². The molecule has 1 aliphatic carbocycles. The molecule has 114 valence electrons. The quantitative estimate of drug-likeness (QED) is 0.895. The van der Waals surface area contributed by atoms with Gasteiger partial charge in [-0.3, -0.25) is 9.69 Å². The van der Waals surface area contributed by atoms with Gasteiger partial charge in [-0.1, -0.05) is 6.07 Å². The van der Waals surface area contributed by atoms with Gasteiger partial charge in [0.2, 0.25) is 5.91 Å². The first-order chi connectivity index (χ1) is 10.0. The highest BCUT2D eigenvalue weighted by Crippen LogP contribution is 2.34. The average Bonchev–Trinajstić information content (AvgIpc) is 3.18. The lowest BCUT2D eigenvalue weighted by Crippen LogP contribution is -2.31. The van der Waals surface area contributed by atoms with Crippen molar-refractivity contribution in [3.63, 3.8) is 0 Å². The molecule has 3 rings (SSSR count). The minimum Gasteiger partial charge on any atom is -0.381 e. The lowest BCUT2D eigenvalue weighted by molar-refractivity contribution is -0.114. The molecule has 2 N–H and O–H groups in total.